The minimum absolute atomic E-state index is 0.239. The molecule has 1 aliphatic carbocycles. The molecule has 2 aromatic rings. The zero-order valence-corrected chi connectivity index (χ0v) is 13.7. The molecule has 118 valence electrons. The molecule has 3 aliphatic rings. The molecule has 0 unspecified atom stereocenters. The van der Waals surface area contributed by atoms with Crippen LogP contribution in [-0.2, 0) is 16.6 Å². The molecule has 2 aromatic carbocycles. The smallest absolute Gasteiger partial charge is 0.222 e. The van der Waals surface area contributed by atoms with Crippen LogP contribution in [0.5, 0.6) is 0 Å². The number of hydrogen-bond acceptors (Lipinski definition) is 1. The number of carbonyl (C=O) groups excluding carboxylic acids is 1. The zero-order valence-electron chi connectivity index (χ0n) is 13.7. The molecule has 0 saturated carbocycles. The van der Waals surface area contributed by atoms with E-state index in [-0.39, 0.29) is 5.41 Å². The predicted molar refractivity (Wildman–Crippen MR) is 92.5 cm³/mol. The van der Waals surface area contributed by atoms with Crippen molar-refractivity contribution in [3.63, 3.8) is 0 Å². The van der Waals surface area contributed by atoms with Gasteiger partial charge in [0.05, 0.1) is 0 Å². The highest BCUT2D eigenvalue weighted by Gasteiger charge is 2.51. The summed E-state index contributed by atoms with van der Waals surface area (Å²) in [5, 5.41) is 2.80. The van der Waals surface area contributed by atoms with Crippen molar-refractivity contribution in [2.75, 3.05) is 6.54 Å². The van der Waals surface area contributed by atoms with E-state index in [0.29, 0.717) is 17.9 Å². The SMILES string of the molecule is C[C@]12CCN3C(=O)CC[C@H]3[C@@H]1CCc1c2ccc2ccccc12. The van der Waals surface area contributed by atoms with Gasteiger partial charge >= 0.3 is 0 Å². The monoisotopic (exact) mass is 305 g/mol. The van der Waals surface area contributed by atoms with Crippen molar-refractivity contribution in [2.45, 2.75) is 50.5 Å². The van der Waals surface area contributed by atoms with E-state index in [1.807, 2.05) is 0 Å². The number of hydrogen-bond donors (Lipinski definition) is 0. The molecule has 2 heteroatoms. The third-order valence-corrected chi connectivity index (χ3v) is 6.89. The van der Waals surface area contributed by atoms with Gasteiger partial charge < -0.3 is 4.90 Å². The molecule has 3 atom stereocenters. The van der Waals surface area contributed by atoms with Crippen LogP contribution in [0.1, 0.15) is 43.7 Å². The summed E-state index contributed by atoms with van der Waals surface area (Å²) in [5.41, 5.74) is 3.37. The van der Waals surface area contributed by atoms with Gasteiger partial charge in [0.25, 0.3) is 0 Å². The summed E-state index contributed by atoms with van der Waals surface area (Å²) in [5.74, 6) is 1.03. The second-order valence-electron chi connectivity index (χ2n) is 7.82. The Balaban J connectivity index is 1.66. The number of benzene rings is 2. The quantitative estimate of drug-likeness (QED) is 0.719. The van der Waals surface area contributed by atoms with Gasteiger partial charge in [-0.15, -0.1) is 0 Å². The first-order chi connectivity index (χ1) is 11.2. The Morgan fingerprint density at radius 1 is 1.09 bits per heavy atom. The number of nitrogens with zero attached hydrogens (tertiary/aromatic N) is 1. The van der Waals surface area contributed by atoms with E-state index in [0.717, 1.165) is 32.2 Å². The molecular formula is C21H23NO. The molecule has 2 fully saturated rings. The summed E-state index contributed by atoms with van der Waals surface area (Å²) in [4.78, 5) is 14.3. The van der Waals surface area contributed by atoms with Crippen LogP contribution in [-0.4, -0.2) is 23.4 Å². The molecule has 2 nitrogen and oxygen atoms in total. The summed E-state index contributed by atoms with van der Waals surface area (Å²) in [6.45, 7) is 3.41. The number of piperidine rings is 1. The summed E-state index contributed by atoms with van der Waals surface area (Å²) in [6, 6.07) is 14.0. The molecule has 1 amide bonds. The highest BCUT2D eigenvalue weighted by Crippen LogP contribution is 2.52. The summed E-state index contributed by atoms with van der Waals surface area (Å²) < 4.78 is 0. The van der Waals surface area contributed by atoms with Crippen molar-refractivity contribution in [3.8, 4) is 0 Å². The van der Waals surface area contributed by atoms with Gasteiger partial charge in [-0.2, -0.15) is 0 Å². The lowest BCUT2D eigenvalue weighted by Gasteiger charge is -2.52. The maximum atomic E-state index is 12.1. The number of aryl methyl sites for hydroxylation is 1. The fourth-order valence-electron chi connectivity index (χ4n) is 5.71. The van der Waals surface area contributed by atoms with Crippen LogP contribution in [0.3, 0.4) is 0 Å². The second-order valence-corrected chi connectivity index (χ2v) is 7.82. The lowest BCUT2D eigenvalue weighted by Crippen LogP contribution is -2.55. The lowest BCUT2D eigenvalue weighted by molar-refractivity contribution is -0.132. The average Bonchev–Trinajstić information content (AvgIpc) is 2.95. The van der Waals surface area contributed by atoms with Crippen LogP contribution in [0.4, 0.5) is 0 Å². The highest BCUT2D eigenvalue weighted by atomic mass is 16.2. The van der Waals surface area contributed by atoms with Crippen LogP contribution >= 0.6 is 0 Å². The Hall–Kier alpha value is -1.83. The van der Waals surface area contributed by atoms with Crippen molar-refractivity contribution in [1.29, 1.82) is 0 Å². The average molecular weight is 305 g/mol. The summed E-state index contributed by atoms with van der Waals surface area (Å²) in [7, 11) is 0. The number of rotatable bonds is 0. The van der Waals surface area contributed by atoms with Gasteiger partial charge in [-0.1, -0.05) is 43.3 Å². The Morgan fingerprint density at radius 3 is 2.87 bits per heavy atom. The minimum Gasteiger partial charge on any atom is -0.339 e. The standard InChI is InChI=1S/C21H23NO/c1-21-12-13-22-19(10-11-20(22)23)18(21)9-7-16-15-5-3-2-4-14(15)6-8-17(16)21/h2-6,8,18-19H,7,9-13H2,1H3/t18-,19-,21+/m0/s1. The van der Waals surface area contributed by atoms with Gasteiger partial charge in [0.1, 0.15) is 0 Å². The van der Waals surface area contributed by atoms with E-state index >= 15 is 0 Å². The molecule has 0 spiro atoms. The molecule has 0 radical (unpaired) electrons. The van der Waals surface area contributed by atoms with Gasteiger partial charge in [0.15, 0.2) is 0 Å². The lowest BCUT2D eigenvalue weighted by atomic mass is 9.58. The van der Waals surface area contributed by atoms with Crippen LogP contribution < -0.4 is 0 Å². The zero-order chi connectivity index (χ0) is 15.6. The van der Waals surface area contributed by atoms with Gasteiger partial charge in [-0.25, -0.2) is 0 Å². The third kappa shape index (κ3) is 1.72. The maximum absolute atomic E-state index is 12.1. The first kappa shape index (κ1) is 13.6. The van der Waals surface area contributed by atoms with Gasteiger partial charge in [0, 0.05) is 19.0 Å². The van der Waals surface area contributed by atoms with E-state index < -0.39 is 0 Å². The van der Waals surface area contributed by atoms with Crippen molar-refractivity contribution in [1.82, 2.24) is 4.90 Å². The number of fused-ring (bicyclic) bond motifs is 7. The molecular weight excluding hydrogens is 282 g/mol. The Labute approximate surface area is 137 Å². The van der Waals surface area contributed by atoms with Gasteiger partial charge in [-0.05, 0) is 58.9 Å². The van der Waals surface area contributed by atoms with Crippen LogP contribution in [0.25, 0.3) is 10.8 Å². The van der Waals surface area contributed by atoms with E-state index in [2.05, 4.69) is 48.2 Å². The van der Waals surface area contributed by atoms with E-state index in [1.54, 1.807) is 11.1 Å². The molecule has 2 heterocycles. The van der Waals surface area contributed by atoms with Crippen LogP contribution in [0.15, 0.2) is 36.4 Å². The molecule has 0 N–H and O–H groups in total. The van der Waals surface area contributed by atoms with E-state index in [4.69, 9.17) is 0 Å². The molecule has 2 saturated heterocycles. The fraction of sp³-hybridized carbons (Fsp3) is 0.476. The number of carbonyl (C=O) groups is 1. The Bertz CT molecular complexity index is 811. The first-order valence-corrected chi connectivity index (χ1v) is 8.99. The summed E-state index contributed by atoms with van der Waals surface area (Å²) in [6.07, 6.45) is 5.34. The Kier molecular flexibility index (Phi) is 2.72. The van der Waals surface area contributed by atoms with E-state index in [1.165, 1.54) is 17.2 Å². The molecule has 0 bridgehead atoms. The van der Waals surface area contributed by atoms with E-state index in [9.17, 15) is 4.79 Å². The van der Waals surface area contributed by atoms with Gasteiger partial charge in [-0.3, -0.25) is 4.79 Å². The summed E-state index contributed by atoms with van der Waals surface area (Å²) >= 11 is 0. The van der Waals surface area contributed by atoms with Gasteiger partial charge in [0.2, 0.25) is 5.91 Å². The number of amides is 1. The predicted octanol–water partition coefficient (Wildman–Crippen LogP) is 4.05. The van der Waals surface area contributed by atoms with Crippen molar-refractivity contribution < 1.29 is 4.79 Å². The third-order valence-electron chi connectivity index (χ3n) is 6.89. The molecule has 23 heavy (non-hydrogen) atoms. The first-order valence-electron chi connectivity index (χ1n) is 8.99. The molecule has 0 aromatic heterocycles. The minimum atomic E-state index is 0.239. The van der Waals surface area contributed by atoms with Crippen LogP contribution in [0, 0.1) is 5.92 Å². The molecule has 2 aliphatic heterocycles. The maximum Gasteiger partial charge on any atom is 0.222 e. The van der Waals surface area contributed by atoms with Crippen molar-refractivity contribution in [3.05, 3.63) is 47.5 Å². The second kappa shape index (κ2) is 4.59. The topological polar surface area (TPSA) is 20.3 Å². The van der Waals surface area contributed by atoms with Crippen molar-refractivity contribution in [2.24, 2.45) is 5.92 Å². The van der Waals surface area contributed by atoms with Crippen molar-refractivity contribution >= 4 is 16.7 Å². The van der Waals surface area contributed by atoms with Crippen LogP contribution in [0.2, 0.25) is 0 Å². The normalized spacial score (nSPS) is 32.6. The molecule has 5 rings (SSSR count). The highest BCUT2D eigenvalue weighted by molar-refractivity contribution is 5.87. The fourth-order valence-corrected chi connectivity index (χ4v) is 5.71. The Morgan fingerprint density at radius 2 is 1.96 bits per heavy atom. The largest absolute Gasteiger partial charge is 0.339 e.